The van der Waals surface area contributed by atoms with E-state index in [1.807, 2.05) is 13.8 Å². The highest BCUT2D eigenvalue weighted by atomic mass is 19.4. The van der Waals surface area contributed by atoms with E-state index < -0.39 is 73.1 Å². The Kier molecular flexibility index (Phi) is 11.4. The molecule has 0 bridgehead atoms. The molecule has 2 heterocycles. The summed E-state index contributed by atoms with van der Waals surface area (Å²) in [5, 5.41) is 30.6. The van der Waals surface area contributed by atoms with E-state index in [0.717, 1.165) is 17.7 Å². The number of halogens is 4. The summed E-state index contributed by atoms with van der Waals surface area (Å²) in [6.07, 6.45) is -4.44. The highest BCUT2D eigenvalue weighted by Gasteiger charge is 2.63. The molecule has 0 spiro atoms. The quantitative estimate of drug-likeness (QED) is 0.132. The van der Waals surface area contributed by atoms with Gasteiger partial charge in [0.15, 0.2) is 0 Å². The van der Waals surface area contributed by atoms with E-state index >= 15 is 0 Å². The number of nitrogens with zero attached hydrogens (tertiary/aromatic N) is 1. The topological polar surface area (TPSA) is 117 Å². The summed E-state index contributed by atoms with van der Waals surface area (Å²) in [5.41, 5.74) is -4.00. The van der Waals surface area contributed by atoms with Gasteiger partial charge in [0.1, 0.15) is 23.9 Å². The first-order chi connectivity index (χ1) is 23.8. The van der Waals surface area contributed by atoms with Crippen LogP contribution in [-0.4, -0.2) is 77.4 Å². The first-order valence-electron chi connectivity index (χ1n) is 16.7. The molecule has 270 valence electrons. The minimum absolute atomic E-state index is 0.0997. The van der Waals surface area contributed by atoms with Crippen molar-refractivity contribution in [3.63, 3.8) is 0 Å². The summed E-state index contributed by atoms with van der Waals surface area (Å²) >= 11 is 0. The Balaban J connectivity index is 1.50. The summed E-state index contributed by atoms with van der Waals surface area (Å²) in [6.45, 7) is 0.983. The predicted octanol–water partition coefficient (Wildman–Crippen LogP) is 5.35. The lowest BCUT2D eigenvalue weighted by Crippen LogP contribution is -2.54. The lowest BCUT2D eigenvalue weighted by Gasteiger charge is -2.47. The second-order valence-electron chi connectivity index (χ2n) is 13.7. The smallest absolute Gasteiger partial charge is 0.411 e. The Labute approximate surface area is 288 Å². The standard InChI is InChI=1S/C38H43F4NO7/c1-24(2)15-26-19-43-14-13-25-16-27(20-44)32(50-35(48)37(23-46,38(40,41)42)29-11-7-4-8-12-29)17-30(25)31(43)18-33(26)49-34(47)36(21-39,22-45)28-9-5-3-6-10-28/h3-12,16-17,24,26,31,33,44-46H,13-15,18-23H2,1-2H3/t26?,31-,33+,36-,37+/m1/s1. The highest BCUT2D eigenvalue weighted by molar-refractivity contribution is 5.87. The van der Waals surface area contributed by atoms with Gasteiger partial charge in [0.25, 0.3) is 0 Å². The molecule has 5 atom stereocenters. The minimum Gasteiger partial charge on any atom is -0.461 e. The number of rotatable bonds is 12. The zero-order valence-electron chi connectivity index (χ0n) is 28.0. The molecule has 0 amide bonds. The average Bonchev–Trinajstić information content (AvgIpc) is 3.09. The second kappa shape index (κ2) is 15.2. The first-order valence-corrected chi connectivity index (χ1v) is 16.7. The van der Waals surface area contributed by atoms with Gasteiger partial charge in [-0.1, -0.05) is 74.5 Å². The van der Waals surface area contributed by atoms with Crippen LogP contribution in [0.2, 0.25) is 0 Å². The number of esters is 2. The molecule has 12 heteroatoms. The third-order valence-corrected chi connectivity index (χ3v) is 10.2. The van der Waals surface area contributed by atoms with Gasteiger partial charge in [-0.2, -0.15) is 13.2 Å². The Morgan fingerprint density at radius 1 is 0.920 bits per heavy atom. The molecule has 0 aliphatic carbocycles. The number of alkyl halides is 4. The van der Waals surface area contributed by atoms with Crippen LogP contribution in [0.15, 0.2) is 72.8 Å². The van der Waals surface area contributed by atoms with E-state index in [9.17, 15) is 42.5 Å². The normalized spacial score (nSPS) is 21.8. The van der Waals surface area contributed by atoms with E-state index in [4.69, 9.17) is 9.47 Å². The van der Waals surface area contributed by atoms with Crippen LogP contribution in [-0.2, 0) is 38.2 Å². The van der Waals surface area contributed by atoms with Crippen molar-refractivity contribution in [1.82, 2.24) is 4.90 Å². The molecule has 50 heavy (non-hydrogen) atoms. The molecule has 0 radical (unpaired) electrons. The number of fused-ring (bicyclic) bond motifs is 3. The molecule has 5 rings (SSSR count). The largest absolute Gasteiger partial charge is 0.461 e. The van der Waals surface area contributed by atoms with Gasteiger partial charge in [-0.05, 0) is 53.1 Å². The Morgan fingerprint density at radius 2 is 1.56 bits per heavy atom. The van der Waals surface area contributed by atoms with Crippen molar-refractivity contribution in [2.24, 2.45) is 11.8 Å². The zero-order chi connectivity index (χ0) is 36.3. The van der Waals surface area contributed by atoms with Gasteiger partial charge in [0, 0.05) is 37.0 Å². The molecular formula is C38H43F4NO7. The van der Waals surface area contributed by atoms with Crippen LogP contribution in [0, 0.1) is 11.8 Å². The van der Waals surface area contributed by atoms with Crippen molar-refractivity contribution in [2.75, 3.05) is 33.0 Å². The van der Waals surface area contributed by atoms with Gasteiger partial charge in [0.05, 0.1) is 19.8 Å². The number of carbonyl (C=O) groups excluding carboxylic acids is 2. The summed E-state index contributed by atoms with van der Waals surface area (Å²) in [4.78, 5) is 29.5. The fourth-order valence-corrected chi connectivity index (χ4v) is 7.36. The van der Waals surface area contributed by atoms with Gasteiger partial charge < -0.3 is 24.8 Å². The summed E-state index contributed by atoms with van der Waals surface area (Å²) in [6, 6.07) is 17.1. The fourth-order valence-electron chi connectivity index (χ4n) is 7.36. The van der Waals surface area contributed by atoms with Crippen LogP contribution in [0.25, 0.3) is 0 Å². The highest BCUT2D eigenvalue weighted by Crippen LogP contribution is 2.46. The van der Waals surface area contributed by atoms with Crippen LogP contribution in [0.1, 0.15) is 60.5 Å². The van der Waals surface area contributed by atoms with Crippen LogP contribution in [0.4, 0.5) is 17.6 Å². The summed E-state index contributed by atoms with van der Waals surface area (Å²) < 4.78 is 70.1. The number of hydrogen-bond donors (Lipinski definition) is 3. The second-order valence-corrected chi connectivity index (χ2v) is 13.7. The molecule has 1 unspecified atom stereocenters. The zero-order valence-corrected chi connectivity index (χ0v) is 28.0. The lowest BCUT2D eigenvalue weighted by atomic mass is 9.78. The lowest BCUT2D eigenvalue weighted by molar-refractivity contribution is -0.211. The van der Waals surface area contributed by atoms with Crippen LogP contribution in [0.3, 0.4) is 0 Å². The van der Waals surface area contributed by atoms with Gasteiger partial charge in [-0.25, -0.2) is 4.39 Å². The summed E-state index contributed by atoms with van der Waals surface area (Å²) in [7, 11) is 0. The molecule has 0 saturated carbocycles. The first kappa shape index (κ1) is 37.4. The SMILES string of the molecule is CC(C)CC1CN2CCc3cc(CO)c(OC(=O)[C@](CO)(c4ccccc4)C(F)(F)F)cc3[C@H]2C[C@@H]1OC(=O)[C@@](CO)(CF)c1ccccc1. The molecule has 0 aromatic heterocycles. The van der Waals surface area contributed by atoms with Gasteiger partial charge in [-0.15, -0.1) is 0 Å². The van der Waals surface area contributed by atoms with Crippen molar-refractivity contribution in [3.05, 3.63) is 101 Å². The predicted molar refractivity (Wildman–Crippen MR) is 176 cm³/mol. The van der Waals surface area contributed by atoms with Gasteiger partial charge in [0.2, 0.25) is 5.41 Å². The molecule has 3 aromatic carbocycles. The number of aliphatic hydroxyl groups is 3. The molecule has 3 aromatic rings. The Hall–Kier alpha value is -3.84. The van der Waals surface area contributed by atoms with Crippen LogP contribution in [0.5, 0.6) is 5.75 Å². The number of carbonyl (C=O) groups is 2. The molecule has 8 nitrogen and oxygen atoms in total. The van der Waals surface area contributed by atoms with E-state index in [1.165, 1.54) is 24.3 Å². The maximum atomic E-state index is 14.7. The van der Waals surface area contributed by atoms with E-state index in [0.29, 0.717) is 31.5 Å². The van der Waals surface area contributed by atoms with Crippen molar-refractivity contribution < 1.29 is 51.9 Å². The Morgan fingerprint density at radius 3 is 2.10 bits per heavy atom. The molecule has 1 fully saturated rings. The van der Waals surface area contributed by atoms with Crippen LogP contribution >= 0.6 is 0 Å². The number of piperidine rings is 1. The maximum absolute atomic E-state index is 14.7. The Bertz CT molecular complexity index is 1630. The molecule has 2 aliphatic heterocycles. The number of aliphatic hydroxyl groups excluding tert-OH is 3. The van der Waals surface area contributed by atoms with Gasteiger partial charge in [-0.3, -0.25) is 14.5 Å². The third kappa shape index (κ3) is 6.90. The fraction of sp³-hybridized carbons (Fsp3) is 0.474. The molecular weight excluding hydrogens is 658 g/mol. The summed E-state index contributed by atoms with van der Waals surface area (Å²) in [5.74, 6) is -2.83. The molecule has 1 saturated heterocycles. The van der Waals surface area contributed by atoms with Gasteiger partial charge >= 0.3 is 18.1 Å². The van der Waals surface area contributed by atoms with Crippen molar-refractivity contribution in [3.8, 4) is 5.75 Å². The molecule has 2 aliphatic rings. The maximum Gasteiger partial charge on any atom is 0.411 e. The van der Waals surface area contributed by atoms with E-state index in [-0.39, 0.29) is 35.1 Å². The minimum atomic E-state index is -5.22. The van der Waals surface area contributed by atoms with Crippen molar-refractivity contribution in [1.29, 1.82) is 0 Å². The number of ether oxygens (including phenoxy) is 2. The van der Waals surface area contributed by atoms with E-state index in [1.54, 1.807) is 36.4 Å². The average molecular weight is 702 g/mol. The van der Waals surface area contributed by atoms with Crippen LogP contribution < -0.4 is 4.74 Å². The van der Waals surface area contributed by atoms with Crippen molar-refractivity contribution in [2.45, 2.75) is 68.9 Å². The number of hydrogen-bond acceptors (Lipinski definition) is 8. The monoisotopic (exact) mass is 701 g/mol. The van der Waals surface area contributed by atoms with Crippen molar-refractivity contribution >= 4 is 11.9 Å². The third-order valence-electron chi connectivity index (χ3n) is 10.2. The van der Waals surface area contributed by atoms with E-state index in [2.05, 4.69) is 4.90 Å². The molecule has 3 N–H and O–H groups in total. The number of benzene rings is 3.